The third-order valence-corrected chi connectivity index (χ3v) is 4.25. The molecule has 1 N–H and O–H groups in total. The molecular weight excluding hydrogens is 274 g/mol. The largest absolute Gasteiger partial charge is 0.469 e. The summed E-state index contributed by atoms with van der Waals surface area (Å²) in [7, 11) is -3.22. The molecule has 20 heavy (non-hydrogen) atoms. The van der Waals surface area contributed by atoms with E-state index in [9.17, 15) is 8.42 Å². The summed E-state index contributed by atoms with van der Waals surface area (Å²) in [6.45, 7) is 2.03. The molecule has 0 spiro atoms. The maximum Gasteiger partial charge on any atom is 0.177 e. The van der Waals surface area contributed by atoms with E-state index in [-0.39, 0.29) is 6.04 Å². The molecule has 1 unspecified atom stereocenters. The van der Waals surface area contributed by atoms with Crippen LogP contribution in [-0.4, -0.2) is 20.7 Å². The Labute approximate surface area is 119 Å². The molecule has 2 rings (SSSR count). The van der Waals surface area contributed by atoms with Gasteiger partial charge in [0.1, 0.15) is 5.76 Å². The van der Waals surface area contributed by atoms with Gasteiger partial charge in [-0.1, -0.05) is 12.1 Å². The van der Waals surface area contributed by atoms with Crippen molar-refractivity contribution in [2.75, 3.05) is 11.6 Å². The van der Waals surface area contributed by atoms with Gasteiger partial charge in [-0.15, -0.1) is 0 Å². The Bertz CT molecular complexity index is 648. The van der Waals surface area contributed by atoms with Crippen molar-refractivity contribution >= 4 is 15.5 Å². The Kier molecular flexibility index (Phi) is 4.49. The fourth-order valence-electron chi connectivity index (χ4n) is 2.06. The highest BCUT2D eigenvalue weighted by Gasteiger charge is 2.14. The van der Waals surface area contributed by atoms with Crippen LogP contribution in [0.5, 0.6) is 0 Å². The Morgan fingerprint density at radius 3 is 2.60 bits per heavy atom. The SMILES string of the molecule is CC(CCc1ccco1)Nc1ccccc1S(C)(=O)=O. The van der Waals surface area contributed by atoms with Crippen molar-refractivity contribution in [3.8, 4) is 0 Å². The zero-order valence-corrected chi connectivity index (χ0v) is 12.5. The number of aryl methyl sites for hydroxylation is 1. The van der Waals surface area contributed by atoms with E-state index in [4.69, 9.17) is 4.42 Å². The number of nitrogens with one attached hydrogen (secondary N) is 1. The molecule has 0 bridgehead atoms. The lowest BCUT2D eigenvalue weighted by atomic mass is 10.1. The molecular formula is C15H19NO3S. The first-order valence-electron chi connectivity index (χ1n) is 6.55. The van der Waals surface area contributed by atoms with Crippen molar-refractivity contribution < 1.29 is 12.8 Å². The highest BCUT2D eigenvalue weighted by molar-refractivity contribution is 7.90. The van der Waals surface area contributed by atoms with E-state index in [1.807, 2.05) is 25.1 Å². The highest BCUT2D eigenvalue weighted by atomic mass is 32.2. The summed E-state index contributed by atoms with van der Waals surface area (Å²) in [4.78, 5) is 0.338. The van der Waals surface area contributed by atoms with Gasteiger partial charge >= 0.3 is 0 Å². The van der Waals surface area contributed by atoms with Crippen molar-refractivity contribution in [1.82, 2.24) is 0 Å². The van der Waals surface area contributed by atoms with Crippen LogP contribution in [-0.2, 0) is 16.3 Å². The monoisotopic (exact) mass is 293 g/mol. The van der Waals surface area contributed by atoms with Gasteiger partial charge in [0.15, 0.2) is 9.84 Å². The van der Waals surface area contributed by atoms with Crippen molar-refractivity contribution in [2.45, 2.75) is 30.7 Å². The maximum absolute atomic E-state index is 11.7. The number of para-hydroxylation sites is 1. The molecule has 0 aliphatic carbocycles. The van der Waals surface area contributed by atoms with E-state index in [0.29, 0.717) is 10.6 Å². The van der Waals surface area contributed by atoms with E-state index >= 15 is 0 Å². The second kappa shape index (κ2) is 6.13. The Morgan fingerprint density at radius 2 is 1.95 bits per heavy atom. The van der Waals surface area contributed by atoms with E-state index in [0.717, 1.165) is 18.6 Å². The fourth-order valence-corrected chi connectivity index (χ4v) is 2.91. The molecule has 0 fully saturated rings. The molecule has 0 saturated carbocycles. The molecule has 5 heteroatoms. The molecule has 0 aliphatic heterocycles. The summed E-state index contributed by atoms with van der Waals surface area (Å²) in [5, 5.41) is 3.26. The summed E-state index contributed by atoms with van der Waals surface area (Å²) in [6, 6.07) is 10.9. The van der Waals surface area contributed by atoms with Gasteiger partial charge in [0.25, 0.3) is 0 Å². The third-order valence-electron chi connectivity index (χ3n) is 3.09. The molecule has 0 radical (unpaired) electrons. The number of furan rings is 1. The quantitative estimate of drug-likeness (QED) is 0.889. The number of anilines is 1. The molecule has 1 aromatic heterocycles. The summed E-state index contributed by atoms with van der Waals surface area (Å²) in [5.41, 5.74) is 0.655. The standard InChI is InChI=1S/C15H19NO3S/c1-12(9-10-13-6-5-11-19-13)16-14-7-3-4-8-15(14)20(2,17)18/h3-8,11-12,16H,9-10H2,1-2H3. The van der Waals surface area contributed by atoms with Crippen LogP contribution in [0.15, 0.2) is 52.0 Å². The predicted octanol–water partition coefficient (Wildman–Crippen LogP) is 3.12. The second-order valence-electron chi connectivity index (χ2n) is 4.93. The van der Waals surface area contributed by atoms with Crippen molar-refractivity contribution in [3.05, 3.63) is 48.4 Å². The van der Waals surface area contributed by atoms with Crippen LogP contribution < -0.4 is 5.32 Å². The molecule has 0 aliphatic rings. The Morgan fingerprint density at radius 1 is 1.20 bits per heavy atom. The van der Waals surface area contributed by atoms with E-state index in [1.165, 1.54) is 6.26 Å². The van der Waals surface area contributed by atoms with Gasteiger partial charge < -0.3 is 9.73 Å². The third kappa shape index (κ3) is 3.87. The first-order chi connectivity index (χ1) is 9.47. The smallest absolute Gasteiger partial charge is 0.177 e. The number of benzene rings is 1. The normalized spacial score (nSPS) is 13.1. The minimum Gasteiger partial charge on any atom is -0.469 e. The van der Waals surface area contributed by atoms with Crippen LogP contribution in [0.25, 0.3) is 0 Å². The van der Waals surface area contributed by atoms with Crippen LogP contribution in [0.1, 0.15) is 19.1 Å². The average Bonchev–Trinajstić information content (AvgIpc) is 2.89. The highest BCUT2D eigenvalue weighted by Crippen LogP contribution is 2.22. The topological polar surface area (TPSA) is 59.3 Å². The van der Waals surface area contributed by atoms with Crippen LogP contribution in [0, 0.1) is 0 Å². The Hall–Kier alpha value is -1.75. The molecule has 2 aromatic rings. The van der Waals surface area contributed by atoms with Crippen LogP contribution in [0.3, 0.4) is 0 Å². The molecule has 4 nitrogen and oxygen atoms in total. The number of sulfone groups is 1. The molecule has 108 valence electrons. The van der Waals surface area contributed by atoms with Gasteiger partial charge in [0.05, 0.1) is 16.8 Å². The first kappa shape index (κ1) is 14.7. The number of rotatable bonds is 6. The first-order valence-corrected chi connectivity index (χ1v) is 8.44. The lowest BCUT2D eigenvalue weighted by Gasteiger charge is -2.17. The molecule has 0 amide bonds. The van der Waals surface area contributed by atoms with Gasteiger partial charge in [-0.25, -0.2) is 8.42 Å². The second-order valence-corrected chi connectivity index (χ2v) is 6.92. The van der Waals surface area contributed by atoms with Crippen molar-refractivity contribution in [2.24, 2.45) is 0 Å². The summed E-state index contributed by atoms with van der Waals surface area (Å²) in [5.74, 6) is 0.940. The van der Waals surface area contributed by atoms with Gasteiger partial charge in [0.2, 0.25) is 0 Å². The van der Waals surface area contributed by atoms with E-state index in [1.54, 1.807) is 24.5 Å². The minimum atomic E-state index is -3.22. The summed E-state index contributed by atoms with van der Waals surface area (Å²) < 4.78 is 28.7. The van der Waals surface area contributed by atoms with Crippen molar-refractivity contribution in [3.63, 3.8) is 0 Å². The van der Waals surface area contributed by atoms with Gasteiger partial charge in [-0.2, -0.15) is 0 Å². The Balaban J connectivity index is 2.03. The maximum atomic E-state index is 11.7. The molecule has 0 saturated heterocycles. The predicted molar refractivity (Wildman–Crippen MR) is 79.7 cm³/mol. The van der Waals surface area contributed by atoms with E-state index < -0.39 is 9.84 Å². The molecule has 1 aromatic carbocycles. The zero-order chi connectivity index (χ0) is 14.6. The van der Waals surface area contributed by atoms with Crippen LogP contribution in [0.2, 0.25) is 0 Å². The fraction of sp³-hybridized carbons (Fsp3) is 0.333. The lowest BCUT2D eigenvalue weighted by Crippen LogP contribution is -2.17. The molecule has 1 heterocycles. The van der Waals surface area contributed by atoms with Gasteiger partial charge in [-0.3, -0.25) is 0 Å². The van der Waals surface area contributed by atoms with Crippen LogP contribution >= 0.6 is 0 Å². The average molecular weight is 293 g/mol. The van der Waals surface area contributed by atoms with Gasteiger partial charge in [-0.05, 0) is 37.6 Å². The molecule has 1 atom stereocenters. The van der Waals surface area contributed by atoms with Crippen LogP contribution in [0.4, 0.5) is 5.69 Å². The summed E-state index contributed by atoms with van der Waals surface area (Å²) in [6.07, 6.45) is 4.57. The zero-order valence-electron chi connectivity index (χ0n) is 11.7. The summed E-state index contributed by atoms with van der Waals surface area (Å²) >= 11 is 0. The number of hydrogen-bond acceptors (Lipinski definition) is 4. The van der Waals surface area contributed by atoms with E-state index in [2.05, 4.69) is 5.32 Å². The lowest BCUT2D eigenvalue weighted by molar-refractivity contribution is 0.495. The van der Waals surface area contributed by atoms with Gasteiger partial charge in [0, 0.05) is 18.7 Å². The number of hydrogen-bond donors (Lipinski definition) is 1. The van der Waals surface area contributed by atoms with Crippen molar-refractivity contribution in [1.29, 1.82) is 0 Å². The minimum absolute atomic E-state index is 0.156.